The number of urea groups is 1. The van der Waals surface area contributed by atoms with Crippen LogP contribution in [0.15, 0.2) is 54.6 Å². The lowest BCUT2D eigenvalue weighted by Gasteiger charge is -2.34. The van der Waals surface area contributed by atoms with Crippen LogP contribution >= 0.6 is 0 Å². The number of hydrogen-bond acceptors (Lipinski definition) is 3. The Morgan fingerprint density at radius 3 is 2.06 bits per heavy atom. The van der Waals surface area contributed by atoms with Crippen molar-refractivity contribution in [3.8, 4) is 0 Å². The fourth-order valence-corrected chi connectivity index (χ4v) is 3.89. The molecule has 1 heterocycles. The Morgan fingerprint density at radius 2 is 1.48 bits per heavy atom. The second kappa shape index (κ2) is 11.5. The van der Waals surface area contributed by atoms with Crippen molar-refractivity contribution in [2.75, 3.05) is 44.6 Å². The first-order valence-corrected chi connectivity index (χ1v) is 11.3. The van der Waals surface area contributed by atoms with E-state index >= 15 is 0 Å². The number of benzene rings is 2. The lowest BCUT2D eigenvalue weighted by Crippen LogP contribution is -2.49. The summed E-state index contributed by atoms with van der Waals surface area (Å²) in [5.74, 6) is 0.0520. The monoisotopic (exact) mass is 422 g/mol. The van der Waals surface area contributed by atoms with E-state index in [-0.39, 0.29) is 11.9 Å². The molecule has 1 fully saturated rings. The molecule has 6 nitrogen and oxygen atoms in total. The predicted molar refractivity (Wildman–Crippen MR) is 125 cm³/mol. The standard InChI is InChI=1S/C25H34N4O2/c1-3-14-28(15-4-2)24(30)22-10-12-23(13-11-22)26-25(31)29-18-16-27(17-19-29)20-21-8-6-5-7-9-21/h5-13H,3-4,14-20H2,1-2H3,(H,26,31). The molecule has 1 saturated heterocycles. The lowest BCUT2D eigenvalue weighted by atomic mass is 10.1. The number of rotatable bonds is 8. The van der Waals surface area contributed by atoms with Gasteiger partial charge in [-0.3, -0.25) is 9.69 Å². The second-order valence-corrected chi connectivity index (χ2v) is 8.05. The number of hydrogen-bond donors (Lipinski definition) is 1. The van der Waals surface area contributed by atoms with Crippen LogP contribution in [-0.2, 0) is 6.54 Å². The Kier molecular flexibility index (Phi) is 8.47. The van der Waals surface area contributed by atoms with Crippen molar-refractivity contribution in [1.29, 1.82) is 0 Å². The van der Waals surface area contributed by atoms with Gasteiger partial charge in [0.25, 0.3) is 5.91 Å². The number of carbonyl (C=O) groups is 2. The maximum atomic E-state index is 12.7. The maximum absolute atomic E-state index is 12.7. The fourth-order valence-electron chi connectivity index (χ4n) is 3.89. The van der Waals surface area contributed by atoms with Gasteiger partial charge in [0.05, 0.1) is 0 Å². The smallest absolute Gasteiger partial charge is 0.321 e. The zero-order chi connectivity index (χ0) is 22.1. The van der Waals surface area contributed by atoms with Crippen molar-refractivity contribution in [2.24, 2.45) is 0 Å². The molecule has 0 aromatic heterocycles. The number of anilines is 1. The van der Waals surface area contributed by atoms with Gasteiger partial charge in [0, 0.05) is 57.1 Å². The highest BCUT2D eigenvalue weighted by Gasteiger charge is 2.21. The Hall–Kier alpha value is -2.86. The molecule has 0 bridgehead atoms. The molecule has 1 N–H and O–H groups in total. The molecule has 1 aliphatic heterocycles. The van der Waals surface area contributed by atoms with E-state index in [4.69, 9.17) is 0 Å². The van der Waals surface area contributed by atoms with Crippen LogP contribution in [0, 0.1) is 0 Å². The van der Waals surface area contributed by atoms with Crippen LogP contribution in [0.5, 0.6) is 0 Å². The molecule has 2 aromatic rings. The minimum atomic E-state index is -0.0861. The van der Waals surface area contributed by atoms with Crippen LogP contribution in [-0.4, -0.2) is 65.9 Å². The lowest BCUT2D eigenvalue weighted by molar-refractivity contribution is 0.0755. The van der Waals surface area contributed by atoms with Gasteiger partial charge in [0.2, 0.25) is 0 Å². The molecule has 0 saturated carbocycles. The van der Waals surface area contributed by atoms with E-state index in [0.29, 0.717) is 24.3 Å². The molecular weight excluding hydrogens is 388 g/mol. The number of amides is 3. The van der Waals surface area contributed by atoms with Crippen LogP contribution < -0.4 is 5.32 Å². The summed E-state index contributed by atoms with van der Waals surface area (Å²) in [4.78, 5) is 31.5. The third kappa shape index (κ3) is 6.56. The minimum Gasteiger partial charge on any atom is -0.339 e. The summed E-state index contributed by atoms with van der Waals surface area (Å²) in [5.41, 5.74) is 2.67. The molecule has 6 heteroatoms. The van der Waals surface area contributed by atoms with Crippen LogP contribution in [0.2, 0.25) is 0 Å². The molecule has 1 aliphatic rings. The Labute approximate surface area is 185 Å². The van der Waals surface area contributed by atoms with Gasteiger partial charge in [-0.15, -0.1) is 0 Å². The van der Waals surface area contributed by atoms with Crippen molar-refractivity contribution in [3.05, 3.63) is 65.7 Å². The summed E-state index contributed by atoms with van der Waals surface area (Å²) in [6.45, 7) is 9.74. The molecule has 0 aliphatic carbocycles. The summed E-state index contributed by atoms with van der Waals surface area (Å²) in [7, 11) is 0. The quantitative estimate of drug-likeness (QED) is 0.690. The maximum Gasteiger partial charge on any atom is 0.321 e. The van der Waals surface area contributed by atoms with Crippen molar-refractivity contribution >= 4 is 17.6 Å². The molecule has 31 heavy (non-hydrogen) atoms. The largest absolute Gasteiger partial charge is 0.339 e. The van der Waals surface area contributed by atoms with E-state index in [1.165, 1.54) is 5.56 Å². The normalized spacial score (nSPS) is 14.3. The topological polar surface area (TPSA) is 55.9 Å². The van der Waals surface area contributed by atoms with Gasteiger partial charge >= 0.3 is 6.03 Å². The molecule has 3 amide bonds. The highest BCUT2D eigenvalue weighted by molar-refractivity contribution is 5.95. The molecule has 0 unspecified atom stereocenters. The SMILES string of the molecule is CCCN(CCC)C(=O)c1ccc(NC(=O)N2CCN(Cc3ccccc3)CC2)cc1. The van der Waals surface area contributed by atoms with E-state index in [9.17, 15) is 9.59 Å². The molecular formula is C25H34N4O2. The third-order valence-corrected chi connectivity index (χ3v) is 5.57. The summed E-state index contributed by atoms with van der Waals surface area (Å²) in [6, 6.07) is 17.6. The Balaban J connectivity index is 1.49. The first-order valence-electron chi connectivity index (χ1n) is 11.3. The minimum absolute atomic E-state index is 0.0520. The average Bonchev–Trinajstić information content (AvgIpc) is 2.80. The molecule has 0 spiro atoms. The van der Waals surface area contributed by atoms with Crippen molar-refractivity contribution in [2.45, 2.75) is 33.2 Å². The molecule has 0 atom stereocenters. The third-order valence-electron chi connectivity index (χ3n) is 5.57. The Morgan fingerprint density at radius 1 is 0.871 bits per heavy atom. The predicted octanol–water partition coefficient (Wildman–Crippen LogP) is 4.30. The van der Waals surface area contributed by atoms with Crippen molar-refractivity contribution in [1.82, 2.24) is 14.7 Å². The Bertz CT molecular complexity index is 824. The first-order chi connectivity index (χ1) is 15.1. The van der Waals surface area contributed by atoms with E-state index in [0.717, 1.165) is 45.6 Å². The van der Waals surface area contributed by atoms with Crippen LogP contribution in [0.3, 0.4) is 0 Å². The van der Waals surface area contributed by atoms with Crippen LogP contribution in [0.4, 0.5) is 10.5 Å². The molecule has 166 valence electrons. The van der Waals surface area contributed by atoms with Gasteiger partial charge < -0.3 is 15.1 Å². The van der Waals surface area contributed by atoms with E-state index in [2.05, 4.69) is 48.3 Å². The number of carbonyl (C=O) groups excluding carboxylic acids is 2. The second-order valence-electron chi connectivity index (χ2n) is 8.05. The van der Waals surface area contributed by atoms with Gasteiger partial charge in [-0.05, 0) is 42.7 Å². The summed E-state index contributed by atoms with van der Waals surface area (Å²) >= 11 is 0. The van der Waals surface area contributed by atoms with Gasteiger partial charge in [-0.1, -0.05) is 44.2 Å². The van der Waals surface area contributed by atoms with Crippen molar-refractivity contribution < 1.29 is 9.59 Å². The molecule has 2 aromatic carbocycles. The zero-order valence-electron chi connectivity index (χ0n) is 18.7. The van der Waals surface area contributed by atoms with Gasteiger partial charge in [-0.25, -0.2) is 4.79 Å². The van der Waals surface area contributed by atoms with E-state index in [1.54, 1.807) is 12.1 Å². The first kappa shape index (κ1) is 22.8. The van der Waals surface area contributed by atoms with E-state index < -0.39 is 0 Å². The van der Waals surface area contributed by atoms with Crippen LogP contribution in [0.25, 0.3) is 0 Å². The zero-order valence-corrected chi connectivity index (χ0v) is 18.7. The van der Waals surface area contributed by atoms with Gasteiger partial charge in [0.15, 0.2) is 0 Å². The molecule has 0 radical (unpaired) electrons. The number of nitrogens with one attached hydrogen (secondary N) is 1. The number of nitrogens with zero attached hydrogens (tertiary/aromatic N) is 3. The highest BCUT2D eigenvalue weighted by Crippen LogP contribution is 2.14. The number of piperazine rings is 1. The summed E-state index contributed by atoms with van der Waals surface area (Å²) in [6.07, 6.45) is 1.89. The van der Waals surface area contributed by atoms with Crippen LogP contribution in [0.1, 0.15) is 42.6 Å². The summed E-state index contributed by atoms with van der Waals surface area (Å²) in [5, 5.41) is 2.97. The molecule has 3 rings (SSSR count). The van der Waals surface area contributed by atoms with Gasteiger partial charge in [-0.2, -0.15) is 0 Å². The van der Waals surface area contributed by atoms with E-state index in [1.807, 2.05) is 28.0 Å². The fraction of sp³-hybridized carbons (Fsp3) is 0.440. The highest BCUT2D eigenvalue weighted by atomic mass is 16.2. The average molecular weight is 423 g/mol. The van der Waals surface area contributed by atoms with Gasteiger partial charge in [0.1, 0.15) is 0 Å². The summed E-state index contributed by atoms with van der Waals surface area (Å²) < 4.78 is 0. The van der Waals surface area contributed by atoms with Crippen molar-refractivity contribution in [3.63, 3.8) is 0 Å².